The predicted octanol–water partition coefficient (Wildman–Crippen LogP) is 4.68. The molecule has 0 aliphatic carbocycles. The highest BCUT2D eigenvalue weighted by Gasteiger charge is 2.31. The van der Waals surface area contributed by atoms with Gasteiger partial charge in [-0.15, -0.1) is 11.3 Å². The summed E-state index contributed by atoms with van der Waals surface area (Å²) >= 11 is 1.34. The minimum absolute atomic E-state index is 0.0908. The van der Waals surface area contributed by atoms with Gasteiger partial charge in [0.1, 0.15) is 17.2 Å². The first-order chi connectivity index (χ1) is 14.6. The topological polar surface area (TPSA) is 73.9 Å². The first-order valence-corrected chi connectivity index (χ1v) is 10.5. The van der Waals surface area contributed by atoms with Crippen LogP contribution >= 0.6 is 11.3 Å². The van der Waals surface area contributed by atoms with E-state index in [1.54, 1.807) is 19.1 Å². The highest BCUT2D eigenvalue weighted by Crippen LogP contribution is 2.40. The van der Waals surface area contributed by atoms with Gasteiger partial charge in [0, 0.05) is 10.4 Å². The van der Waals surface area contributed by atoms with Crippen molar-refractivity contribution in [3.05, 3.63) is 65.0 Å². The number of rotatable bonds is 5. The van der Waals surface area contributed by atoms with E-state index in [1.165, 1.54) is 11.3 Å². The molecule has 1 aliphatic heterocycles. The SMILES string of the molecule is CCOC(=O)c1c(NC(=O)C2COc3ccccc3O2)sc(C)c1-c1ccccc1. The van der Waals surface area contributed by atoms with Crippen molar-refractivity contribution in [3.63, 3.8) is 0 Å². The van der Waals surface area contributed by atoms with Crippen LogP contribution in [0.2, 0.25) is 0 Å². The van der Waals surface area contributed by atoms with Gasteiger partial charge in [-0.2, -0.15) is 0 Å². The average Bonchev–Trinajstić information content (AvgIpc) is 3.09. The Hall–Kier alpha value is -3.32. The second kappa shape index (κ2) is 8.59. The van der Waals surface area contributed by atoms with Crippen molar-refractivity contribution in [2.75, 3.05) is 18.5 Å². The number of para-hydroxylation sites is 2. The molecule has 154 valence electrons. The van der Waals surface area contributed by atoms with Gasteiger partial charge in [-0.3, -0.25) is 4.79 Å². The number of benzene rings is 2. The Balaban J connectivity index is 1.64. The van der Waals surface area contributed by atoms with Gasteiger partial charge >= 0.3 is 5.97 Å². The summed E-state index contributed by atoms with van der Waals surface area (Å²) in [6, 6.07) is 16.8. The lowest BCUT2D eigenvalue weighted by Gasteiger charge is -2.25. The molecule has 0 bridgehead atoms. The summed E-state index contributed by atoms with van der Waals surface area (Å²) in [6.07, 6.45) is -0.822. The fourth-order valence-electron chi connectivity index (χ4n) is 3.32. The van der Waals surface area contributed by atoms with E-state index in [4.69, 9.17) is 14.2 Å². The van der Waals surface area contributed by atoms with E-state index in [0.717, 1.165) is 16.0 Å². The van der Waals surface area contributed by atoms with Crippen LogP contribution in [0.5, 0.6) is 11.5 Å². The first-order valence-electron chi connectivity index (χ1n) is 9.63. The summed E-state index contributed by atoms with van der Waals surface area (Å²) < 4.78 is 16.7. The lowest BCUT2D eigenvalue weighted by Crippen LogP contribution is -2.40. The van der Waals surface area contributed by atoms with Gasteiger partial charge in [-0.1, -0.05) is 42.5 Å². The number of aryl methyl sites for hydroxylation is 1. The molecule has 30 heavy (non-hydrogen) atoms. The molecule has 0 radical (unpaired) electrons. The van der Waals surface area contributed by atoms with Crippen LogP contribution in [0.4, 0.5) is 5.00 Å². The summed E-state index contributed by atoms with van der Waals surface area (Å²) in [6.45, 7) is 4.00. The Labute approximate surface area is 178 Å². The zero-order valence-corrected chi connectivity index (χ0v) is 17.5. The molecule has 0 spiro atoms. The first kappa shape index (κ1) is 20.0. The normalized spacial score (nSPS) is 14.8. The average molecular weight is 423 g/mol. The predicted molar refractivity (Wildman–Crippen MR) is 115 cm³/mol. The Kier molecular flexibility index (Phi) is 5.72. The molecule has 1 N–H and O–H groups in total. The molecule has 1 amide bonds. The molecule has 1 aromatic heterocycles. The van der Waals surface area contributed by atoms with Gasteiger partial charge in [0.2, 0.25) is 6.10 Å². The summed E-state index contributed by atoms with van der Waals surface area (Å²) in [4.78, 5) is 26.6. The number of amides is 1. The van der Waals surface area contributed by atoms with E-state index >= 15 is 0 Å². The zero-order valence-electron chi connectivity index (χ0n) is 16.6. The number of esters is 1. The fourth-order valence-corrected chi connectivity index (χ4v) is 4.39. The fraction of sp³-hybridized carbons (Fsp3) is 0.217. The van der Waals surface area contributed by atoms with Crippen molar-refractivity contribution >= 4 is 28.2 Å². The largest absolute Gasteiger partial charge is 0.485 e. The highest BCUT2D eigenvalue weighted by molar-refractivity contribution is 7.17. The number of ether oxygens (including phenoxy) is 3. The van der Waals surface area contributed by atoms with Crippen LogP contribution in [0.15, 0.2) is 54.6 Å². The quantitative estimate of drug-likeness (QED) is 0.603. The number of hydrogen-bond donors (Lipinski definition) is 1. The van der Waals surface area contributed by atoms with Crippen molar-refractivity contribution in [2.45, 2.75) is 20.0 Å². The van der Waals surface area contributed by atoms with Gasteiger partial charge in [-0.05, 0) is 31.5 Å². The number of thiophene rings is 1. The second-order valence-electron chi connectivity index (χ2n) is 6.68. The van der Waals surface area contributed by atoms with Gasteiger partial charge in [0.15, 0.2) is 11.5 Å². The maximum Gasteiger partial charge on any atom is 0.341 e. The summed E-state index contributed by atoms with van der Waals surface area (Å²) in [5, 5.41) is 3.30. The Morgan fingerprint density at radius 2 is 1.80 bits per heavy atom. The van der Waals surface area contributed by atoms with E-state index in [1.807, 2.05) is 49.4 Å². The number of anilines is 1. The maximum atomic E-state index is 12.9. The third kappa shape index (κ3) is 3.89. The second-order valence-corrected chi connectivity index (χ2v) is 7.90. The molecular formula is C23H21NO5S. The molecule has 3 aromatic rings. The molecule has 0 saturated heterocycles. The summed E-state index contributed by atoms with van der Waals surface area (Å²) in [7, 11) is 0. The molecule has 1 atom stereocenters. The van der Waals surface area contributed by atoms with E-state index in [9.17, 15) is 9.59 Å². The smallest absolute Gasteiger partial charge is 0.341 e. The Morgan fingerprint density at radius 3 is 2.53 bits per heavy atom. The summed E-state index contributed by atoms with van der Waals surface area (Å²) in [5.74, 6) is 0.270. The van der Waals surface area contributed by atoms with Gasteiger partial charge in [0.25, 0.3) is 5.91 Å². The molecule has 0 saturated carbocycles. The molecule has 2 aromatic carbocycles. The highest BCUT2D eigenvalue weighted by atomic mass is 32.1. The van der Waals surface area contributed by atoms with Crippen LogP contribution < -0.4 is 14.8 Å². The van der Waals surface area contributed by atoms with Crippen molar-refractivity contribution in [1.82, 2.24) is 0 Å². The number of fused-ring (bicyclic) bond motifs is 1. The van der Waals surface area contributed by atoms with Crippen LogP contribution in [-0.4, -0.2) is 31.2 Å². The minimum atomic E-state index is -0.822. The van der Waals surface area contributed by atoms with E-state index in [2.05, 4.69) is 5.32 Å². The molecule has 4 rings (SSSR count). The number of nitrogens with one attached hydrogen (secondary N) is 1. The van der Waals surface area contributed by atoms with E-state index < -0.39 is 12.1 Å². The summed E-state index contributed by atoms with van der Waals surface area (Å²) in [5.41, 5.74) is 2.01. The minimum Gasteiger partial charge on any atom is -0.485 e. The van der Waals surface area contributed by atoms with Crippen molar-refractivity contribution in [1.29, 1.82) is 0 Å². The van der Waals surface area contributed by atoms with E-state index in [-0.39, 0.29) is 19.1 Å². The van der Waals surface area contributed by atoms with Crippen molar-refractivity contribution < 1.29 is 23.8 Å². The van der Waals surface area contributed by atoms with Crippen molar-refractivity contribution in [2.24, 2.45) is 0 Å². The third-order valence-electron chi connectivity index (χ3n) is 4.66. The third-order valence-corrected chi connectivity index (χ3v) is 5.68. The van der Waals surface area contributed by atoms with Gasteiger partial charge in [-0.25, -0.2) is 4.79 Å². The van der Waals surface area contributed by atoms with Crippen LogP contribution in [0.25, 0.3) is 11.1 Å². The lowest BCUT2D eigenvalue weighted by molar-refractivity contribution is -0.125. The molecular weight excluding hydrogens is 402 g/mol. The lowest BCUT2D eigenvalue weighted by atomic mass is 10.0. The van der Waals surface area contributed by atoms with Crippen LogP contribution in [-0.2, 0) is 9.53 Å². The number of carbonyl (C=O) groups excluding carboxylic acids is 2. The van der Waals surface area contributed by atoms with Gasteiger partial charge < -0.3 is 19.5 Å². The molecule has 1 aliphatic rings. The molecule has 7 heteroatoms. The van der Waals surface area contributed by atoms with Crippen LogP contribution in [0, 0.1) is 6.92 Å². The van der Waals surface area contributed by atoms with Crippen LogP contribution in [0.1, 0.15) is 22.2 Å². The zero-order chi connectivity index (χ0) is 21.1. The molecule has 0 fully saturated rings. The number of hydrogen-bond acceptors (Lipinski definition) is 6. The van der Waals surface area contributed by atoms with Gasteiger partial charge in [0.05, 0.1) is 6.61 Å². The number of carbonyl (C=O) groups is 2. The molecule has 1 unspecified atom stereocenters. The van der Waals surface area contributed by atoms with Crippen LogP contribution in [0.3, 0.4) is 0 Å². The standard InChI is InChI=1S/C23H21NO5S/c1-3-27-23(26)20-19(15-9-5-4-6-10-15)14(2)30-22(20)24-21(25)18-13-28-16-11-7-8-12-17(16)29-18/h4-12,18H,3,13H2,1-2H3,(H,24,25). The van der Waals surface area contributed by atoms with Crippen molar-refractivity contribution in [3.8, 4) is 22.6 Å². The Bertz CT molecular complexity index is 1080. The van der Waals surface area contributed by atoms with E-state index in [0.29, 0.717) is 22.1 Å². The Morgan fingerprint density at radius 1 is 1.10 bits per heavy atom. The molecule has 2 heterocycles. The monoisotopic (exact) mass is 423 g/mol. The molecule has 6 nitrogen and oxygen atoms in total. The maximum absolute atomic E-state index is 12.9.